The summed E-state index contributed by atoms with van der Waals surface area (Å²) in [5.41, 5.74) is 0. The van der Waals surface area contributed by atoms with Crippen LogP contribution in [0.4, 0.5) is 4.39 Å². The summed E-state index contributed by atoms with van der Waals surface area (Å²) in [7, 11) is 0. The second-order valence-corrected chi connectivity index (χ2v) is 4.83. The van der Waals surface area contributed by atoms with Crippen molar-refractivity contribution in [1.82, 2.24) is 0 Å². The molecule has 0 bridgehead atoms. The Balaban J connectivity index is 1.60. The lowest BCUT2D eigenvalue weighted by atomic mass is 9.79. The van der Waals surface area contributed by atoms with Gasteiger partial charge in [0.05, 0.1) is 18.8 Å². The van der Waals surface area contributed by atoms with E-state index in [4.69, 9.17) is 9.47 Å². The smallest absolute Gasteiger partial charge is 0.107 e. The molecule has 80 valence electrons. The molecule has 0 spiro atoms. The van der Waals surface area contributed by atoms with Crippen LogP contribution in [0.1, 0.15) is 32.1 Å². The van der Waals surface area contributed by atoms with Gasteiger partial charge in [-0.15, -0.1) is 0 Å². The molecule has 14 heavy (non-hydrogen) atoms. The monoisotopic (exact) mass is 200 g/mol. The van der Waals surface area contributed by atoms with E-state index < -0.39 is 6.17 Å². The third-order valence-electron chi connectivity index (χ3n) is 3.79. The van der Waals surface area contributed by atoms with Crippen LogP contribution in [-0.2, 0) is 9.47 Å². The van der Waals surface area contributed by atoms with Crippen LogP contribution in [0.15, 0.2) is 0 Å². The van der Waals surface area contributed by atoms with Gasteiger partial charge in [-0.3, -0.25) is 0 Å². The van der Waals surface area contributed by atoms with Crippen molar-refractivity contribution in [3.63, 3.8) is 0 Å². The Morgan fingerprint density at radius 2 is 1.71 bits per heavy atom. The standard InChI is InChI=1S/C11H17FO2/c12-8-2-4-9-7(5-8)1-3-10(14-9)11-6-13-11/h7-11H,1-6H2. The maximum absolute atomic E-state index is 13.1. The van der Waals surface area contributed by atoms with Crippen LogP contribution in [-0.4, -0.2) is 31.1 Å². The Morgan fingerprint density at radius 1 is 0.929 bits per heavy atom. The largest absolute Gasteiger partial charge is 0.372 e. The molecule has 2 saturated heterocycles. The number of fused-ring (bicyclic) bond motifs is 1. The van der Waals surface area contributed by atoms with E-state index in [0.29, 0.717) is 30.7 Å². The van der Waals surface area contributed by atoms with Gasteiger partial charge in [0.25, 0.3) is 0 Å². The lowest BCUT2D eigenvalue weighted by Gasteiger charge is -2.40. The van der Waals surface area contributed by atoms with Crippen molar-refractivity contribution in [3.05, 3.63) is 0 Å². The first-order chi connectivity index (χ1) is 6.83. The molecule has 2 heterocycles. The lowest BCUT2D eigenvalue weighted by Crippen LogP contribution is -2.41. The van der Waals surface area contributed by atoms with Crippen molar-refractivity contribution < 1.29 is 13.9 Å². The van der Waals surface area contributed by atoms with Crippen LogP contribution < -0.4 is 0 Å². The summed E-state index contributed by atoms with van der Waals surface area (Å²) in [6.45, 7) is 0.869. The molecule has 0 radical (unpaired) electrons. The average Bonchev–Trinajstić information content (AvgIpc) is 3.00. The van der Waals surface area contributed by atoms with Crippen LogP contribution in [0, 0.1) is 5.92 Å². The summed E-state index contributed by atoms with van der Waals surface area (Å²) >= 11 is 0. The molecule has 0 aromatic heterocycles. The van der Waals surface area contributed by atoms with Crippen LogP contribution in [0.5, 0.6) is 0 Å². The predicted molar refractivity (Wildman–Crippen MR) is 49.9 cm³/mol. The summed E-state index contributed by atoms with van der Waals surface area (Å²) in [6.07, 6.45) is 4.95. The van der Waals surface area contributed by atoms with Gasteiger partial charge in [-0.2, -0.15) is 0 Å². The van der Waals surface area contributed by atoms with Gasteiger partial charge in [0.15, 0.2) is 0 Å². The molecule has 2 aliphatic heterocycles. The second-order valence-electron chi connectivity index (χ2n) is 4.83. The number of ether oxygens (including phenoxy) is 2. The quantitative estimate of drug-likeness (QED) is 0.604. The average molecular weight is 200 g/mol. The molecule has 3 heteroatoms. The fourth-order valence-electron chi connectivity index (χ4n) is 2.88. The molecule has 5 atom stereocenters. The second kappa shape index (κ2) is 3.46. The van der Waals surface area contributed by atoms with Gasteiger partial charge < -0.3 is 9.47 Å². The van der Waals surface area contributed by atoms with E-state index in [2.05, 4.69) is 0 Å². The van der Waals surface area contributed by atoms with Crippen molar-refractivity contribution in [2.45, 2.75) is 56.6 Å². The number of hydrogen-bond acceptors (Lipinski definition) is 2. The third-order valence-corrected chi connectivity index (χ3v) is 3.79. The highest BCUT2D eigenvalue weighted by Gasteiger charge is 2.42. The van der Waals surface area contributed by atoms with Crippen molar-refractivity contribution in [3.8, 4) is 0 Å². The highest BCUT2D eigenvalue weighted by Crippen LogP contribution is 2.39. The van der Waals surface area contributed by atoms with E-state index in [1.807, 2.05) is 0 Å². The van der Waals surface area contributed by atoms with Crippen LogP contribution >= 0.6 is 0 Å². The molecule has 0 aromatic carbocycles. The molecule has 1 aliphatic carbocycles. The number of alkyl halides is 1. The summed E-state index contributed by atoms with van der Waals surface area (Å²) in [5.74, 6) is 0.480. The van der Waals surface area contributed by atoms with E-state index in [1.165, 1.54) is 0 Å². The number of epoxide rings is 1. The Kier molecular flexibility index (Phi) is 2.25. The van der Waals surface area contributed by atoms with Crippen LogP contribution in [0.25, 0.3) is 0 Å². The molecule has 5 unspecified atom stereocenters. The van der Waals surface area contributed by atoms with Crippen molar-refractivity contribution in [2.75, 3.05) is 6.61 Å². The van der Waals surface area contributed by atoms with E-state index in [0.717, 1.165) is 32.3 Å². The predicted octanol–water partition coefficient (Wildman–Crippen LogP) is 2.07. The third kappa shape index (κ3) is 1.68. The van der Waals surface area contributed by atoms with Gasteiger partial charge >= 0.3 is 0 Å². The lowest BCUT2D eigenvalue weighted by molar-refractivity contribution is -0.115. The first kappa shape index (κ1) is 9.10. The fourth-order valence-corrected chi connectivity index (χ4v) is 2.88. The molecule has 3 fully saturated rings. The van der Waals surface area contributed by atoms with Crippen LogP contribution in [0.2, 0.25) is 0 Å². The van der Waals surface area contributed by atoms with E-state index in [1.54, 1.807) is 0 Å². The van der Waals surface area contributed by atoms with E-state index in [9.17, 15) is 4.39 Å². The first-order valence-corrected chi connectivity index (χ1v) is 5.74. The maximum Gasteiger partial charge on any atom is 0.107 e. The molecule has 0 N–H and O–H groups in total. The van der Waals surface area contributed by atoms with Crippen LogP contribution in [0.3, 0.4) is 0 Å². The van der Waals surface area contributed by atoms with E-state index >= 15 is 0 Å². The summed E-state index contributed by atoms with van der Waals surface area (Å²) in [5, 5.41) is 0. The Labute approximate surface area is 83.8 Å². The SMILES string of the molecule is FC1CCC2OC(C3CO3)CCC2C1. The van der Waals surface area contributed by atoms with Crippen molar-refractivity contribution >= 4 is 0 Å². The van der Waals surface area contributed by atoms with Gasteiger partial charge in [-0.1, -0.05) is 0 Å². The number of halogens is 1. The molecule has 3 aliphatic rings. The molecular weight excluding hydrogens is 183 g/mol. The maximum atomic E-state index is 13.1. The highest BCUT2D eigenvalue weighted by atomic mass is 19.1. The topological polar surface area (TPSA) is 21.8 Å². The first-order valence-electron chi connectivity index (χ1n) is 5.74. The number of rotatable bonds is 1. The van der Waals surface area contributed by atoms with Gasteiger partial charge in [0.1, 0.15) is 12.3 Å². The Hall–Kier alpha value is -0.150. The number of hydrogen-bond donors (Lipinski definition) is 0. The zero-order chi connectivity index (χ0) is 9.54. The Bertz CT molecular complexity index is 217. The minimum Gasteiger partial charge on any atom is -0.372 e. The molecule has 0 amide bonds. The zero-order valence-corrected chi connectivity index (χ0v) is 8.32. The van der Waals surface area contributed by atoms with Crippen molar-refractivity contribution in [2.24, 2.45) is 5.92 Å². The van der Waals surface area contributed by atoms with Gasteiger partial charge in [-0.05, 0) is 38.0 Å². The zero-order valence-electron chi connectivity index (χ0n) is 8.32. The molecule has 1 saturated carbocycles. The van der Waals surface area contributed by atoms with Gasteiger partial charge in [-0.25, -0.2) is 4.39 Å². The summed E-state index contributed by atoms with van der Waals surface area (Å²) in [6, 6.07) is 0. The van der Waals surface area contributed by atoms with E-state index in [-0.39, 0.29) is 0 Å². The highest BCUT2D eigenvalue weighted by molar-refractivity contribution is 4.90. The van der Waals surface area contributed by atoms with Gasteiger partial charge in [0.2, 0.25) is 0 Å². The molecule has 2 nitrogen and oxygen atoms in total. The molecule has 3 rings (SSSR count). The van der Waals surface area contributed by atoms with Gasteiger partial charge in [0, 0.05) is 0 Å². The fraction of sp³-hybridized carbons (Fsp3) is 1.00. The Morgan fingerprint density at radius 3 is 2.50 bits per heavy atom. The summed E-state index contributed by atoms with van der Waals surface area (Å²) < 4.78 is 24.4. The van der Waals surface area contributed by atoms with Crippen molar-refractivity contribution in [1.29, 1.82) is 0 Å². The molecule has 0 aromatic rings. The normalized spacial score (nSPS) is 52.5. The molecular formula is C11H17FO2. The minimum atomic E-state index is -0.575. The minimum absolute atomic E-state index is 0.312. The summed E-state index contributed by atoms with van der Waals surface area (Å²) in [4.78, 5) is 0.